The van der Waals surface area contributed by atoms with Crippen molar-refractivity contribution in [3.63, 3.8) is 0 Å². The molecule has 0 aliphatic rings. The molecule has 0 saturated carbocycles. The second kappa shape index (κ2) is 6.45. The van der Waals surface area contributed by atoms with E-state index in [0.29, 0.717) is 0 Å². The summed E-state index contributed by atoms with van der Waals surface area (Å²) < 4.78 is 5.97. The van der Waals surface area contributed by atoms with E-state index in [4.69, 9.17) is 9.84 Å². The maximum Gasteiger partial charge on any atom is 0.0693 e. The van der Waals surface area contributed by atoms with Crippen LogP contribution in [0.4, 0.5) is 0 Å². The van der Waals surface area contributed by atoms with Crippen molar-refractivity contribution in [2.45, 2.75) is 11.5 Å². The maximum absolute atomic E-state index is 9.13. The predicted molar refractivity (Wildman–Crippen MR) is 62.7 cm³/mol. The Morgan fingerprint density at radius 3 is 2.93 bits per heavy atom. The van der Waals surface area contributed by atoms with Gasteiger partial charge in [-0.3, -0.25) is 0 Å². The van der Waals surface area contributed by atoms with E-state index in [1.165, 1.54) is 0 Å². The molecule has 0 bridgehead atoms. The van der Waals surface area contributed by atoms with Crippen LogP contribution in [0.2, 0.25) is 0 Å². The Morgan fingerprint density at radius 1 is 1.50 bits per heavy atom. The largest absolute Gasteiger partial charge is 0.392 e. The van der Waals surface area contributed by atoms with Crippen LogP contribution in [0.5, 0.6) is 0 Å². The molecule has 0 saturated heterocycles. The summed E-state index contributed by atoms with van der Waals surface area (Å²) >= 11 is 5.07. The molecule has 0 radical (unpaired) electrons. The van der Waals surface area contributed by atoms with Crippen LogP contribution in [0, 0.1) is 0 Å². The summed E-state index contributed by atoms with van der Waals surface area (Å²) in [5.74, 6) is 0.908. The van der Waals surface area contributed by atoms with Gasteiger partial charge in [0.05, 0.1) is 13.2 Å². The minimum Gasteiger partial charge on any atom is -0.392 e. The van der Waals surface area contributed by atoms with Crippen LogP contribution in [0.25, 0.3) is 0 Å². The van der Waals surface area contributed by atoms with Gasteiger partial charge in [0.25, 0.3) is 0 Å². The Kier molecular flexibility index (Phi) is 5.55. The van der Waals surface area contributed by atoms with Gasteiger partial charge in [-0.2, -0.15) is 0 Å². The highest BCUT2D eigenvalue weighted by Crippen LogP contribution is 2.25. The molecule has 0 unspecified atom stereocenters. The van der Waals surface area contributed by atoms with E-state index in [2.05, 4.69) is 15.9 Å². The van der Waals surface area contributed by atoms with Gasteiger partial charge in [0.1, 0.15) is 0 Å². The third-order valence-electron chi connectivity index (χ3n) is 1.74. The number of rotatable bonds is 5. The molecule has 0 aromatic heterocycles. The van der Waals surface area contributed by atoms with Crippen LogP contribution in [0.3, 0.4) is 0 Å². The number of halogens is 1. The molecule has 1 N–H and O–H groups in total. The first kappa shape index (κ1) is 12.0. The molecule has 78 valence electrons. The van der Waals surface area contributed by atoms with Crippen LogP contribution in [0.1, 0.15) is 5.56 Å². The topological polar surface area (TPSA) is 29.5 Å². The number of hydrogen-bond donors (Lipinski definition) is 1. The molecule has 0 aliphatic heterocycles. The molecular weight excluding hydrogens is 264 g/mol. The quantitative estimate of drug-likeness (QED) is 0.663. The Hall–Kier alpha value is -0.0300. The first-order valence-electron chi connectivity index (χ1n) is 4.29. The third-order valence-corrected chi connectivity index (χ3v) is 3.31. The summed E-state index contributed by atoms with van der Waals surface area (Å²) in [6.07, 6.45) is 0. The van der Waals surface area contributed by atoms with Gasteiger partial charge in [0, 0.05) is 22.2 Å². The number of aliphatic hydroxyl groups is 1. The molecule has 2 nitrogen and oxygen atoms in total. The summed E-state index contributed by atoms with van der Waals surface area (Å²) in [5.41, 5.74) is 0.959. The molecule has 0 atom stereocenters. The molecule has 1 aromatic rings. The lowest BCUT2D eigenvalue weighted by Crippen LogP contribution is -1.93. The molecule has 0 fully saturated rings. The first-order valence-corrected chi connectivity index (χ1v) is 6.07. The standard InChI is InChI=1S/C10H13BrO2S/c1-13-4-5-14-10-3-2-9(11)6-8(10)7-12/h2-3,6,12H,4-5,7H2,1H3. The van der Waals surface area contributed by atoms with Gasteiger partial charge < -0.3 is 9.84 Å². The molecule has 0 heterocycles. The number of methoxy groups -OCH3 is 1. The molecule has 4 heteroatoms. The fraction of sp³-hybridized carbons (Fsp3) is 0.400. The highest BCUT2D eigenvalue weighted by atomic mass is 79.9. The van der Waals surface area contributed by atoms with Crippen LogP contribution >= 0.6 is 27.7 Å². The molecule has 1 rings (SSSR count). The first-order chi connectivity index (χ1) is 6.77. The smallest absolute Gasteiger partial charge is 0.0693 e. The average Bonchev–Trinajstić information content (AvgIpc) is 2.20. The molecular formula is C10H13BrO2S. The van der Waals surface area contributed by atoms with Gasteiger partial charge in [0.15, 0.2) is 0 Å². The Balaban J connectivity index is 2.65. The van der Waals surface area contributed by atoms with Gasteiger partial charge in [-0.15, -0.1) is 11.8 Å². The summed E-state index contributed by atoms with van der Waals surface area (Å²) in [5, 5.41) is 9.13. The fourth-order valence-corrected chi connectivity index (χ4v) is 2.40. The second-order valence-electron chi connectivity index (χ2n) is 2.75. The van der Waals surface area contributed by atoms with Crippen LogP contribution in [-0.2, 0) is 11.3 Å². The van der Waals surface area contributed by atoms with E-state index in [0.717, 1.165) is 27.3 Å². The molecule has 14 heavy (non-hydrogen) atoms. The highest BCUT2D eigenvalue weighted by molar-refractivity contribution is 9.10. The van der Waals surface area contributed by atoms with Crippen molar-refractivity contribution in [2.75, 3.05) is 19.5 Å². The fourth-order valence-electron chi connectivity index (χ4n) is 1.05. The maximum atomic E-state index is 9.13. The van der Waals surface area contributed by atoms with E-state index < -0.39 is 0 Å². The minimum absolute atomic E-state index is 0.0781. The normalized spacial score (nSPS) is 10.5. The molecule has 0 amide bonds. The second-order valence-corrected chi connectivity index (χ2v) is 4.80. The lowest BCUT2D eigenvalue weighted by molar-refractivity contribution is 0.218. The molecule has 1 aromatic carbocycles. The summed E-state index contributed by atoms with van der Waals surface area (Å²) in [7, 11) is 1.69. The monoisotopic (exact) mass is 276 g/mol. The zero-order chi connectivity index (χ0) is 10.4. The van der Waals surface area contributed by atoms with Gasteiger partial charge >= 0.3 is 0 Å². The highest BCUT2D eigenvalue weighted by Gasteiger charge is 2.02. The van der Waals surface area contributed by atoms with E-state index in [1.54, 1.807) is 18.9 Å². The average molecular weight is 277 g/mol. The van der Waals surface area contributed by atoms with E-state index in [-0.39, 0.29) is 6.61 Å². The van der Waals surface area contributed by atoms with Crippen molar-refractivity contribution in [3.05, 3.63) is 28.2 Å². The van der Waals surface area contributed by atoms with Gasteiger partial charge in [-0.1, -0.05) is 15.9 Å². The van der Waals surface area contributed by atoms with Gasteiger partial charge in [-0.05, 0) is 23.8 Å². The van der Waals surface area contributed by atoms with E-state index in [1.807, 2.05) is 18.2 Å². The number of aliphatic hydroxyl groups excluding tert-OH is 1. The third kappa shape index (κ3) is 3.61. The van der Waals surface area contributed by atoms with Gasteiger partial charge in [0.2, 0.25) is 0 Å². The summed E-state index contributed by atoms with van der Waals surface area (Å²) in [6.45, 7) is 0.806. The van der Waals surface area contributed by atoms with Gasteiger partial charge in [-0.25, -0.2) is 0 Å². The van der Waals surface area contributed by atoms with Crippen molar-refractivity contribution in [3.8, 4) is 0 Å². The molecule has 0 aliphatic carbocycles. The Bertz CT molecular complexity index is 291. The van der Waals surface area contributed by atoms with Crippen molar-refractivity contribution in [1.82, 2.24) is 0 Å². The Labute approximate surface area is 96.8 Å². The number of thioether (sulfide) groups is 1. The zero-order valence-corrected chi connectivity index (χ0v) is 10.4. The van der Waals surface area contributed by atoms with Crippen molar-refractivity contribution in [2.24, 2.45) is 0 Å². The van der Waals surface area contributed by atoms with E-state index >= 15 is 0 Å². The lowest BCUT2D eigenvalue weighted by Gasteiger charge is -2.06. The number of hydrogen-bond acceptors (Lipinski definition) is 3. The number of ether oxygens (including phenoxy) is 1. The lowest BCUT2D eigenvalue weighted by atomic mass is 10.2. The van der Waals surface area contributed by atoms with Crippen LogP contribution in [0.15, 0.2) is 27.6 Å². The Morgan fingerprint density at radius 2 is 2.29 bits per heavy atom. The van der Waals surface area contributed by atoms with Crippen molar-refractivity contribution < 1.29 is 9.84 Å². The van der Waals surface area contributed by atoms with E-state index in [9.17, 15) is 0 Å². The molecule has 0 spiro atoms. The zero-order valence-electron chi connectivity index (χ0n) is 8.00. The van der Waals surface area contributed by atoms with Crippen molar-refractivity contribution in [1.29, 1.82) is 0 Å². The predicted octanol–water partition coefficient (Wildman–Crippen LogP) is 2.68. The van der Waals surface area contributed by atoms with Crippen molar-refractivity contribution >= 4 is 27.7 Å². The SMILES string of the molecule is COCCSc1ccc(Br)cc1CO. The van der Waals surface area contributed by atoms with Crippen LogP contribution < -0.4 is 0 Å². The minimum atomic E-state index is 0.0781. The van der Waals surface area contributed by atoms with Crippen LogP contribution in [-0.4, -0.2) is 24.6 Å². The number of benzene rings is 1. The summed E-state index contributed by atoms with van der Waals surface area (Å²) in [4.78, 5) is 1.12. The summed E-state index contributed by atoms with van der Waals surface area (Å²) in [6, 6.07) is 5.93.